The number of aromatic nitrogens is 2. The first kappa shape index (κ1) is 22.7. The van der Waals surface area contributed by atoms with Gasteiger partial charge in [0, 0.05) is 29.3 Å². The zero-order valence-electron chi connectivity index (χ0n) is 18.4. The highest BCUT2D eigenvalue weighted by Gasteiger charge is 2.09. The van der Waals surface area contributed by atoms with Gasteiger partial charge >= 0.3 is 0 Å². The van der Waals surface area contributed by atoms with E-state index in [-0.39, 0.29) is 36.9 Å². The van der Waals surface area contributed by atoms with Crippen LogP contribution in [-0.4, -0.2) is 34.6 Å². The smallest absolute Gasteiger partial charge is 0.266 e. The summed E-state index contributed by atoms with van der Waals surface area (Å²) in [6.07, 6.45) is 0. The molecule has 1 amide bonds. The molecule has 7 nitrogen and oxygen atoms in total. The SMILES string of the molecule is O=C(COc1ccc(C(=O)c2ccccc2)cc1)NCCn1nc(-c2ccccc2)ccc1=O. The lowest BCUT2D eigenvalue weighted by Gasteiger charge is -2.10. The number of hydrogen-bond acceptors (Lipinski definition) is 5. The van der Waals surface area contributed by atoms with Crippen molar-refractivity contribution in [2.75, 3.05) is 13.2 Å². The Bertz CT molecular complexity index is 1320. The Morgan fingerprint density at radius 1 is 0.794 bits per heavy atom. The van der Waals surface area contributed by atoms with Crippen LogP contribution in [0.5, 0.6) is 5.75 Å². The van der Waals surface area contributed by atoms with Gasteiger partial charge in [-0.3, -0.25) is 14.4 Å². The second-order valence-electron chi connectivity index (χ2n) is 7.50. The van der Waals surface area contributed by atoms with Gasteiger partial charge in [-0.1, -0.05) is 60.7 Å². The van der Waals surface area contributed by atoms with Crippen molar-refractivity contribution in [2.24, 2.45) is 0 Å². The van der Waals surface area contributed by atoms with Gasteiger partial charge in [-0.25, -0.2) is 4.68 Å². The molecule has 0 saturated carbocycles. The summed E-state index contributed by atoms with van der Waals surface area (Å²) in [4.78, 5) is 36.7. The normalized spacial score (nSPS) is 10.5. The highest BCUT2D eigenvalue weighted by Crippen LogP contribution is 2.16. The van der Waals surface area contributed by atoms with Crippen LogP contribution in [0.1, 0.15) is 15.9 Å². The van der Waals surface area contributed by atoms with Gasteiger partial charge in [-0.05, 0) is 30.3 Å². The maximum Gasteiger partial charge on any atom is 0.266 e. The number of nitrogens with one attached hydrogen (secondary N) is 1. The zero-order chi connectivity index (χ0) is 23.8. The molecule has 3 aromatic carbocycles. The average molecular weight is 453 g/mol. The summed E-state index contributed by atoms with van der Waals surface area (Å²) in [6, 6.07) is 28.4. The Balaban J connectivity index is 1.26. The van der Waals surface area contributed by atoms with E-state index in [9.17, 15) is 14.4 Å². The fourth-order valence-electron chi connectivity index (χ4n) is 3.33. The largest absolute Gasteiger partial charge is 0.484 e. The van der Waals surface area contributed by atoms with Gasteiger partial charge in [0.15, 0.2) is 12.4 Å². The summed E-state index contributed by atoms with van der Waals surface area (Å²) >= 11 is 0. The fraction of sp³-hybridized carbons (Fsp3) is 0.111. The van der Waals surface area contributed by atoms with Crippen molar-refractivity contribution in [2.45, 2.75) is 6.54 Å². The van der Waals surface area contributed by atoms with Gasteiger partial charge in [-0.2, -0.15) is 5.10 Å². The number of hydrogen-bond donors (Lipinski definition) is 1. The maximum absolute atomic E-state index is 12.5. The number of nitrogens with zero attached hydrogens (tertiary/aromatic N) is 2. The van der Waals surface area contributed by atoms with Crippen LogP contribution >= 0.6 is 0 Å². The van der Waals surface area contributed by atoms with Crippen LogP contribution in [0.2, 0.25) is 0 Å². The van der Waals surface area contributed by atoms with E-state index < -0.39 is 0 Å². The number of carbonyl (C=O) groups excluding carboxylic acids is 2. The van der Waals surface area contributed by atoms with Crippen LogP contribution in [0.25, 0.3) is 11.3 Å². The number of ether oxygens (including phenoxy) is 1. The van der Waals surface area contributed by atoms with E-state index in [1.165, 1.54) is 10.7 Å². The number of ketones is 1. The molecule has 0 atom stereocenters. The van der Waals surface area contributed by atoms with Crippen molar-refractivity contribution in [1.82, 2.24) is 15.1 Å². The van der Waals surface area contributed by atoms with Crippen LogP contribution in [0.4, 0.5) is 0 Å². The molecule has 1 N–H and O–H groups in total. The van der Waals surface area contributed by atoms with Crippen molar-refractivity contribution in [1.29, 1.82) is 0 Å². The number of amides is 1. The number of carbonyl (C=O) groups is 2. The molecule has 0 aliphatic carbocycles. The minimum atomic E-state index is -0.322. The molecule has 34 heavy (non-hydrogen) atoms. The maximum atomic E-state index is 12.5. The van der Waals surface area contributed by atoms with Crippen molar-refractivity contribution >= 4 is 11.7 Å². The molecule has 0 radical (unpaired) electrons. The summed E-state index contributed by atoms with van der Waals surface area (Å²) in [6.45, 7) is 0.289. The summed E-state index contributed by atoms with van der Waals surface area (Å²) in [5.74, 6) is 0.0787. The van der Waals surface area contributed by atoms with Gasteiger partial charge in [0.25, 0.3) is 11.5 Å². The first-order valence-corrected chi connectivity index (χ1v) is 10.8. The lowest BCUT2D eigenvalue weighted by Crippen LogP contribution is -2.34. The molecule has 0 spiro atoms. The molecular formula is C27H23N3O4. The summed E-state index contributed by atoms with van der Waals surface area (Å²) < 4.78 is 6.83. The van der Waals surface area contributed by atoms with Crippen molar-refractivity contribution in [3.05, 3.63) is 119 Å². The first-order chi connectivity index (χ1) is 16.6. The molecule has 4 rings (SSSR count). The van der Waals surface area contributed by atoms with Crippen molar-refractivity contribution < 1.29 is 14.3 Å². The Morgan fingerprint density at radius 2 is 1.44 bits per heavy atom. The topological polar surface area (TPSA) is 90.3 Å². The lowest BCUT2D eigenvalue weighted by atomic mass is 10.0. The van der Waals surface area contributed by atoms with Gasteiger partial charge < -0.3 is 10.1 Å². The molecule has 1 aromatic heterocycles. The van der Waals surface area contributed by atoms with E-state index >= 15 is 0 Å². The third kappa shape index (κ3) is 5.83. The third-order valence-electron chi connectivity index (χ3n) is 5.10. The predicted molar refractivity (Wildman–Crippen MR) is 129 cm³/mol. The predicted octanol–water partition coefficient (Wildman–Crippen LogP) is 3.34. The fourth-order valence-corrected chi connectivity index (χ4v) is 3.33. The summed E-state index contributed by atoms with van der Waals surface area (Å²) in [5, 5.41) is 7.09. The molecule has 0 fully saturated rings. The quantitative estimate of drug-likeness (QED) is 0.393. The second kappa shape index (κ2) is 10.9. The molecule has 0 aliphatic rings. The van der Waals surface area contributed by atoms with Crippen molar-refractivity contribution in [3.8, 4) is 17.0 Å². The standard InChI is InChI=1S/C27H23N3O4/c31-25(19-34-23-13-11-22(12-14-23)27(33)21-9-5-2-6-10-21)28-17-18-30-26(32)16-15-24(29-30)20-7-3-1-4-8-20/h1-16H,17-19H2,(H,28,31). The van der Waals surface area contributed by atoms with Crippen LogP contribution in [0, 0.1) is 0 Å². The average Bonchev–Trinajstić information content (AvgIpc) is 2.89. The minimum Gasteiger partial charge on any atom is -0.484 e. The molecule has 7 heteroatoms. The molecule has 4 aromatic rings. The molecule has 0 bridgehead atoms. The van der Waals surface area contributed by atoms with E-state index in [1.807, 2.05) is 48.5 Å². The van der Waals surface area contributed by atoms with Crippen LogP contribution < -0.4 is 15.6 Å². The van der Waals surface area contributed by atoms with E-state index in [0.29, 0.717) is 22.6 Å². The van der Waals surface area contributed by atoms with Gasteiger partial charge in [0.05, 0.1) is 12.2 Å². The highest BCUT2D eigenvalue weighted by atomic mass is 16.5. The van der Waals surface area contributed by atoms with Gasteiger partial charge in [-0.15, -0.1) is 0 Å². The van der Waals surface area contributed by atoms with Gasteiger partial charge in [0.1, 0.15) is 5.75 Å². The third-order valence-corrected chi connectivity index (χ3v) is 5.10. The monoisotopic (exact) mass is 453 g/mol. The Hall–Kier alpha value is -4.52. The van der Waals surface area contributed by atoms with Gasteiger partial charge in [0.2, 0.25) is 0 Å². The first-order valence-electron chi connectivity index (χ1n) is 10.8. The molecular weight excluding hydrogens is 430 g/mol. The molecule has 0 aliphatic heterocycles. The zero-order valence-corrected chi connectivity index (χ0v) is 18.4. The highest BCUT2D eigenvalue weighted by molar-refractivity contribution is 6.08. The minimum absolute atomic E-state index is 0.0786. The van der Waals surface area contributed by atoms with Crippen LogP contribution in [0.3, 0.4) is 0 Å². The number of rotatable bonds is 9. The Morgan fingerprint density at radius 3 is 2.15 bits per heavy atom. The van der Waals surface area contributed by atoms with E-state index in [0.717, 1.165) is 5.56 Å². The number of benzene rings is 3. The second-order valence-corrected chi connectivity index (χ2v) is 7.50. The van der Waals surface area contributed by atoms with E-state index in [2.05, 4.69) is 10.4 Å². The van der Waals surface area contributed by atoms with Crippen LogP contribution in [-0.2, 0) is 11.3 Å². The molecule has 170 valence electrons. The van der Waals surface area contributed by atoms with Crippen molar-refractivity contribution in [3.63, 3.8) is 0 Å². The Kier molecular flexibility index (Phi) is 7.25. The molecule has 0 unspecified atom stereocenters. The lowest BCUT2D eigenvalue weighted by molar-refractivity contribution is -0.123. The summed E-state index contributed by atoms with van der Waals surface area (Å²) in [7, 11) is 0. The molecule has 0 saturated heterocycles. The van der Waals surface area contributed by atoms with E-state index in [4.69, 9.17) is 4.74 Å². The molecule has 1 heterocycles. The van der Waals surface area contributed by atoms with Crippen LogP contribution in [0.15, 0.2) is 102 Å². The van der Waals surface area contributed by atoms with E-state index in [1.54, 1.807) is 42.5 Å². The summed E-state index contributed by atoms with van der Waals surface area (Å²) in [5.41, 5.74) is 2.50. The Labute approximate surface area is 196 Å².